The Kier molecular flexibility index (Phi) is 2.11. The van der Waals surface area contributed by atoms with Gasteiger partial charge in [0.2, 0.25) is 5.82 Å². The Morgan fingerprint density at radius 3 is 2.67 bits per heavy atom. The molecule has 0 fully saturated rings. The highest BCUT2D eigenvalue weighted by atomic mass is 16.4. The van der Waals surface area contributed by atoms with Crippen LogP contribution in [-0.4, -0.2) is 21.0 Å². The van der Waals surface area contributed by atoms with Crippen LogP contribution in [0.5, 0.6) is 0 Å². The van der Waals surface area contributed by atoms with E-state index < -0.39 is 5.97 Å². The normalized spacial score (nSPS) is 10.5. The Balaban J connectivity index is 2.84. The number of carboxylic acid groups (broad SMARTS) is 1. The van der Waals surface area contributed by atoms with Crippen LogP contribution in [0.2, 0.25) is 0 Å². The van der Waals surface area contributed by atoms with Crippen LogP contribution in [0.1, 0.15) is 21.9 Å². The van der Waals surface area contributed by atoms with Gasteiger partial charge in [-0.1, -0.05) is 12.1 Å². The smallest absolute Gasteiger partial charge is 0.373 e. The second-order valence-electron chi connectivity index (χ2n) is 3.41. The van der Waals surface area contributed by atoms with Gasteiger partial charge in [-0.3, -0.25) is 0 Å². The maximum atomic E-state index is 10.8. The van der Waals surface area contributed by atoms with Crippen LogP contribution in [0.15, 0.2) is 18.2 Å². The van der Waals surface area contributed by atoms with Crippen LogP contribution < -0.4 is 0 Å². The van der Waals surface area contributed by atoms with Crippen LogP contribution in [-0.2, 0) is 0 Å². The quantitative estimate of drug-likeness (QED) is 0.767. The molecule has 1 aromatic carbocycles. The SMILES string of the molecule is Cc1cccc2nc(C(=O)O)nc(C)c12. The lowest BCUT2D eigenvalue weighted by Gasteiger charge is -2.05. The summed E-state index contributed by atoms with van der Waals surface area (Å²) < 4.78 is 0. The number of benzene rings is 1. The lowest BCUT2D eigenvalue weighted by molar-refractivity contribution is 0.0683. The molecule has 0 aliphatic carbocycles. The van der Waals surface area contributed by atoms with E-state index in [2.05, 4.69) is 9.97 Å². The van der Waals surface area contributed by atoms with E-state index in [0.29, 0.717) is 11.2 Å². The summed E-state index contributed by atoms with van der Waals surface area (Å²) in [6.45, 7) is 3.75. The van der Waals surface area contributed by atoms with E-state index in [-0.39, 0.29) is 5.82 Å². The first-order valence-corrected chi connectivity index (χ1v) is 4.57. The molecule has 4 nitrogen and oxygen atoms in total. The summed E-state index contributed by atoms with van der Waals surface area (Å²) in [5, 5.41) is 9.75. The molecule has 0 saturated carbocycles. The monoisotopic (exact) mass is 202 g/mol. The van der Waals surface area contributed by atoms with Crippen molar-refractivity contribution in [3.63, 3.8) is 0 Å². The standard InChI is InChI=1S/C11H10N2O2/c1-6-4-3-5-8-9(6)7(2)12-10(13-8)11(14)15/h3-5H,1-2H3,(H,14,15). The molecule has 0 atom stereocenters. The molecule has 0 aliphatic rings. The molecule has 15 heavy (non-hydrogen) atoms. The number of hydrogen-bond acceptors (Lipinski definition) is 3. The molecule has 0 unspecified atom stereocenters. The zero-order valence-electron chi connectivity index (χ0n) is 8.48. The van der Waals surface area contributed by atoms with Gasteiger partial charge in [0.05, 0.1) is 5.52 Å². The first-order chi connectivity index (χ1) is 7.09. The molecule has 0 bridgehead atoms. The van der Waals surface area contributed by atoms with E-state index in [4.69, 9.17) is 5.11 Å². The van der Waals surface area contributed by atoms with Gasteiger partial charge in [0.25, 0.3) is 0 Å². The van der Waals surface area contributed by atoms with Gasteiger partial charge in [-0.25, -0.2) is 14.8 Å². The Morgan fingerprint density at radius 1 is 1.27 bits per heavy atom. The highest BCUT2D eigenvalue weighted by Gasteiger charge is 2.11. The van der Waals surface area contributed by atoms with Crippen molar-refractivity contribution in [3.8, 4) is 0 Å². The number of rotatable bonds is 1. The first-order valence-electron chi connectivity index (χ1n) is 4.57. The summed E-state index contributed by atoms with van der Waals surface area (Å²) in [5.41, 5.74) is 2.44. The number of carbonyl (C=O) groups is 1. The fourth-order valence-electron chi connectivity index (χ4n) is 1.67. The average molecular weight is 202 g/mol. The van der Waals surface area contributed by atoms with Gasteiger partial charge >= 0.3 is 5.97 Å². The van der Waals surface area contributed by atoms with Crippen molar-refractivity contribution in [1.29, 1.82) is 0 Å². The third-order valence-electron chi connectivity index (χ3n) is 2.30. The zero-order valence-corrected chi connectivity index (χ0v) is 8.48. The third kappa shape index (κ3) is 1.54. The van der Waals surface area contributed by atoms with E-state index in [9.17, 15) is 4.79 Å². The number of carboxylic acids is 1. The van der Waals surface area contributed by atoms with Crippen LogP contribution in [0.4, 0.5) is 0 Å². The van der Waals surface area contributed by atoms with Crippen molar-refractivity contribution in [2.24, 2.45) is 0 Å². The second-order valence-corrected chi connectivity index (χ2v) is 3.41. The summed E-state index contributed by atoms with van der Waals surface area (Å²) in [6, 6.07) is 5.61. The maximum Gasteiger partial charge on any atom is 0.373 e. The number of aromatic nitrogens is 2. The number of aromatic carboxylic acids is 1. The summed E-state index contributed by atoms with van der Waals surface area (Å²) in [4.78, 5) is 18.7. The summed E-state index contributed by atoms with van der Waals surface area (Å²) in [7, 11) is 0. The summed E-state index contributed by atoms with van der Waals surface area (Å²) in [6.07, 6.45) is 0. The van der Waals surface area contributed by atoms with E-state index in [1.54, 1.807) is 13.0 Å². The fraction of sp³-hybridized carbons (Fsp3) is 0.182. The van der Waals surface area contributed by atoms with Gasteiger partial charge in [0, 0.05) is 11.1 Å². The number of nitrogens with zero attached hydrogens (tertiary/aromatic N) is 2. The van der Waals surface area contributed by atoms with E-state index in [0.717, 1.165) is 10.9 Å². The average Bonchev–Trinajstić information content (AvgIpc) is 2.17. The topological polar surface area (TPSA) is 63.1 Å². The lowest BCUT2D eigenvalue weighted by atomic mass is 10.1. The minimum atomic E-state index is -1.10. The Hall–Kier alpha value is -1.97. The molecule has 4 heteroatoms. The molecular formula is C11H10N2O2. The summed E-state index contributed by atoms with van der Waals surface area (Å²) in [5.74, 6) is -1.24. The Morgan fingerprint density at radius 2 is 2.00 bits per heavy atom. The van der Waals surface area contributed by atoms with E-state index in [1.165, 1.54) is 0 Å². The molecule has 1 aromatic heterocycles. The minimum Gasteiger partial charge on any atom is -0.475 e. The van der Waals surface area contributed by atoms with Crippen molar-refractivity contribution in [3.05, 3.63) is 35.3 Å². The maximum absolute atomic E-state index is 10.8. The first kappa shape index (κ1) is 9.58. The molecule has 2 aromatic rings. The van der Waals surface area contributed by atoms with Gasteiger partial charge in [0.15, 0.2) is 0 Å². The fourth-order valence-corrected chi connectivity index (χ4v) is 1.67. The lowest BCUT2D eigenvalue weighted by Crippen LogP contribution is -2.06. The van der Waals surface area contributed by atoms with Gasteiger partial charge in [-0.05, 0) is 25.5 Å². The van der Waals surface area contributed by atoms with E-state index in [1.807, 2.05) is 19.1 Å². The minimum absolute atomic E-state index is 0.148. The molecular weight excluding hydrogens is 192 g/mol. The molecule has 76 valence electrons. The molecule has 0 amide bonds. The van der Waals surface area contributed by atoms with Crippen LogP contribution in [0, 0.1) is 13.8 Å². The molecule has 0 saturated heterocycles. The predicted octanol–water partition coefficient (Wildman–Crippen LogP) is 1.94. The second kappa shape index (κ2) is 3.31. The van der Waals surface area contributed by atoms with Crippen molar-refractivity contribution in [2.45, 2.75) is 13.8 Å². The predicted molar refractivity (Wildman–Crippen MR) is 56.0 cm³/mol. The molecule has 0 aliphatic heterocycles. The Bertz CT molecular complexity index is 550. The van der Waals surface area contributed by atoms with Crippen molar-refractivity contribution < 1.29 is 9.90 Å². The van der Waals surface area contributed by atoms with Crippen molar-refractivity contribution >= 4 is 16.9 Å². The highest BCUT2D eigenvalue weighted by molar-refractivity contribution is 5.89. The van der Waals surface area contributed by atoms with Gasteiger partial charge < -0.3 is 5.11 Å². The summed E-state index contributed by atoms with van der Waals surface area (Å²) >= 11 is 0. The largest absolute Gasteiger partial charge is 0.475 e. The number of aryl methyl sites for hydroxylation is 2. The Labute approximate surface area is 86.6 Å². The molecule has 1 heterocycles. The number of fused-ring (bicyclic) bond motifs is 1. The van der Waals surface area contributed by atoms with Crippen molar-refractivity contribution in [2.75, 3.05) is 0 Å². The molecule has 0 spiro atoms. The van der Waals surface area contributed by atoms with E-state index >= 15 is 0 Å². The van der Waals surface area contributed by atoms with Gasteiger partial charge in [-0.2, -0.15) is 0 Å². The third-order valence-corrected chi connectivity index (χ3v) is 2.30. The molecule has 2 rings (SSSR count). The molecule has 0 radical (unpaired) electrons. The highest BCUT2D eigenvalue weighted by Crippen LogP contribution is 2.19. The zero-order chi connectivity index (χ0) is 11.0. The van der Waals surface area contributed by atoms with Crippen LogP contribution >= 0.6 is 0 Å². The molecule has 1 N–H and O–H groups in total. The van der Waals surface area contributed by atoms with Crippen LogP contribution in [0.3, 0.4) is 0 Å². The number of hydrogen-bond donors (Lipinski definition) is 1. The van der Waals surface area contributed by atoms with Gasteiger partial charge in [-0.15, -0.1) is 0 Å². The van der Waals surface area contributed by atoms with Crippen LogP contribution in [0.25, 0.3) is 10.9 Å². The van der Waals surface area contributed by atoms with Crippen molar-refractivity contribution in [1.82, 2.24) is 9.97 Å². The van der Waals surface area contributed by atoms with Gasteiger partial charge in [0.1, 0.15) is 0 Å².